The first-order chi connectivity index (χ1) is 17.0. The molecule has 0 saturated heterocycles. The number of fused-ring (bicyclic) bond motifs is 1. The van der Waals surface area contributed by atoms with Gasteiger partial charge in [0.15, 0.2) is 0 Å². The number of ether oxygens (including phenoxy) is 1. The van der Waals surface area contributed by atoms with Gasteiger partial charge < -0.3 is 9.72 Å². The van der Waals surface area contributed by atoms with Crippen molar-refractivity contribution in [2.45, 2.75) is 20.0 Å². The number of halogens is 4. The van der Waals surface area contributed by atoms with Gasteiger partial charge in [-0.3, -0.25) is 10.1 Å². The highest BCUT2D eigenvalue weighted by molar-refractivity contribution is 9.10. The van der Waals surface area contributed by atoms with E-state index in [1.54, 1.807) is 12.1 Å². The molecule has 0 amide bonds. The monoisotopic (exact) mass is 556 g/mol. The number of aromatic amines is 1. The lowest BCUT2D eigenvalue weighted by atomic mass is 10.1. The molecule has 182 valence electrons. The van der Waals surface area contributed by atoms with Crippen LogP contribution in [0.2, 0.25) is 0 Å². The fourth-order valence-corrected chi connectivity index (χ4v) is 3.85. The third-order valence-corrected chi connectivity index (χ3v) is 5.94. The molecule has 0 aliphatic carbocycles. The van der Waals surface area contributed by atoms with Crippen LogP contribution in [0.1, 0.15) is 28.1 Å². The van der Waals surface area contributed by atoms with Gasteiger partial charge in [0.2, 0.25) is 5.75 Å². The molecule has 1 N–H and O–H groups in total. The molecular weight excluding hydrogens is 541 g/mol. The summed E-state index contributed by atoms with van der Waals surface area (Å²) in [7, 11) is 0. The Labute approximate surface area is 211 Å². The van der Waals surface area contributed by atoms with E-state index in [4.69, 9.17) is 4.74 Å². The number of allylic oxidation sites excluding steroid dienone is 1. The minimum Gasteiger partial charge on any atom is -0.449 e. The van der Waals surface area contributed by atoms with E-state index < -0.39 is 22.4 Å². The van der Waals surface area contributed by atoms with Gasteiger partial charge in [-0.15, -0.1) is 0 Å². The molecule has 11 heteroatoms. The van der Waals surface area contributed by atoms with Crippen molar-refractivity contribution in [1.82, 2.24) is 9.97 Å². The lowest BCUT2D eigenvalue weighted by Crippen LogP contribution is -2.06. The molecule has 4 rings (SSSR count). The number of nitro groups is 1. The smallest absolute Gasteiger partial charge is 0.416 e. The first-order valence-corrected chi connectivity index (χ1v) is 11.2. The normalized spacial score (nSPS) is 12.0. The summed E-state index contributed by atoms with van der Waals surface area (Å²) in [5.74, 6) is 0.0266. The molecule has 0 radical (unpaired) electrons. The maximum Gasteiger partial charge on any atom is 0.416 e. The number of hydrogen-bond acceptors (Lipinski definition) is 5. The van der Waals surface area contributed by atoms with Crippen molar-refractivity contribution < 1.29 is 22.8 Å². The van der Waals surface area contributed by atoms with Gasteiger partial charge in [-0.2, -0.15) is 18.4 Å². The van der Waals surface area contributed by atoms with Gasteiger partial charge in [-0.1, -0.05) is 15.9 Å². The molecule has 7 nitrogen and oxygen atoms in total. The number of aryl methyl sites for hydroxylation is 2. The Bertz CT molecular complexity index is 1550. The van der Waals surface area contributed by atoms with Crippen LogP contribution < -0.4 is 4.74 Å². The summed E-state index contributed by atoms with van der Waals surface area (Å²) in [5, 5.41) is 21.3. The Morgan fingerprint density at radius 2 is 1.83 bits per heavy atom. The third kappa shape index (κ3) is 5.08. The summed E-state index contributed by atoms with van der Waals surface area (Å²) < 4.78 is 45.4. The van der Waals surface area contributed by atoms with Crippen LogP contribution in [0.3, 0.4) is 0 Å². The SMILES string of the molecule is Cc1cc2nc(/C(C#N)=C/c3cc(Br)ccc3Oc3ccc(C(F)(F)F)cc3[N+](=O)[O-])[nH]c2cc1C. The van der Waals surface area contributed by atoms with Crippen LogP contribution in [0.5, 0.6) is 11.5 Å². The number of nitriles is 1. The lowest BCUT2D eigenvalue weighted by Gasteiger charge is -2.12. The van der Waals surface area contributed by atoms with Gasteiger partial charge in [-0.25, -0.2) is 4.98 Å². The molecule has 36 heavy (non-hydrogen) atoms. The van der Waals surface area contributed by atoms with E-state index in [0.717, 1.165) is 22.7 Å². The topological polar surface area (TPSA) is 105 Å². The fourth-order valence-electron chi connectivity index (χ4n) is 3.47. The molecule has 0 saturated carbocycles. The minimum absolute atomic E-state index is 0.0941. The lowest BCUT2D eigenvalue weighted by molar-refractivity contribution is -0.385. The number of nitrogens with zero attached hydrogens (tertiary/aromatic N) is 3. The number of benzene rings is 3. The first-order valence-electron chi connectivity index (χ1n) is 10.4. The summed E-state index contributed by atoms with van der Waals surface area (Å²) in [4.78, 5) is 18.1. The summed E-state index contributed by atoms with van der Waals surface area (Å²) >= 11 is 3.34. The average molecular weight is 557 g/mol. The van der Waals surface area contributed by atoms with Crippen LogP contribution >= 0.6 is 15.9 Å². The van der Waals surface area contributed by atoms with Crippen molar-refractivity contribution in [3.8, 4) is 17.6 Å². The number of H-pyrrole nitrogens is 1. The van der Waals surface area contributed by atoms with Crippen molar-refractivity contribution in [2.24, 2.45) is 0 Å². The number of rotatable bonds is 5. The predicted octanol–water partition coefficient (Wildman–Crippen LogP) is 7.73. The fraction of sp³-hybridized carbons (Fsp3) is 0.120. The Hall–Kier alpha value is -4.17. The van der Waals surface area contributed by atoms with Crippen LogP contribution in [-0.4, -0.2) is 14.9 Å². The summed E-state index contributed by atoms with van der Waals surface area (Å²) in [6, 6.07) is 12.6. The molecule has 0 fully saturated rings. The highest BCUT2D eigenvalue weighted by atomic mass is 79.9. The van der Waals surface area contributed by atoms with Gasteiger partial charge in [0.25, 0.3) is 0 Å². The molecule has 4 aromatic rings. The van der Waals surface area contributed by atoms with Crippen molar-refractivity contribution >= 4 is 44.3 Å². The highest BCUT2D eigenvalue weighted by Gasteiger charge is 2.33. The standard InChI is InChI=1S/C25H16BrF3N4O3/c1-13-7-19-20(8-14(13)2)32-24(31-19)16(12-30)9-15-10-18(26)4-6-22(15)36-23-5-3-17(25(27,28)29)11-21(23)33(34)35/h3-11H,1-2H3,(H,31,32)/b16-9+. The molecule has 1 heterocycles. The number of hydrogen-bond donors (Lipinski definition) is 1. The van der Waals surface area contributed by atoms with Crippen LogP contribution in [-0.2, 0) is 6.18 Å². The summed E-state index contributed by atoms with van der Waals surface area (Å²) in [5.41, 5.74) is 2.03. The number of aromatic nitrogens is 2. The number of nitrogens with one attached hydrogen (secondary N) is 1. The van der Waals surface area contributed by atoms with E-state index in [0.29, 0.717) is 33.5 Å². The zero-order chi connectivity index (χ0) is 26.2. The van der Waals surface area contributed by atoms with Crippen molar-refractivity contribution in [3.63, 3.8) is 0 Å². The predicted molar refractivity (Wildman–Crippen MR) is 131 cm³/mol. The Kier molecular flexibility index (Phi) is 6.56. The van der Waals surface area contributed by atoms with Gasteiger partial charge in [0.1, 0.15) is 17.6 Å². The zero-order valence-corrected chi connectivity index (χ0v) is 20.4. The third-order valence-electron chi connectivity index (χ3n) is 5.45. The Morgan fingerprint density at radius 1 is 1.14 bits per heavy atom. The molecule has 0 aliphatic rings. The van der Waals surface area contributed by atoms with Crippen LogP contribution in [0.25, 0.3) is 22.7 Å². The summed E-state index contributed by atoms with van der Waals surface area (Å²) in [6.07, 6.45) is -3.27. The molecule has 0 atom stereocenters. The maximum absolute atomic E-state index is 13.0. The van der Waals surface area contributed by atoms with Crippen molar-refractivity contribution in [2.75, 3.05) is 0 Å². The molecule has 1 aromatic heterocycles. The van der Waals surface area contributed by atoms with Crippen molar-refractivity contribution in [1.29, 1.82) is 5.26 Å². The molecule has 0 unspecified atom stereocenters. The Balaban J connectivity index is 1.78. The van der Waals surface area contributed by atoms with E-state index in [-0.39, 0.29) is 17.1 Å². The highest BCUT2D eigenvalue weighted by Crippen LogP contribution is 2.39. The van der Waals surface area contributed by atoms with Gasteiger partial charge in [-0.05, 0) is 73.5 Å². The van der Waals surface area contributed by atoms with E-state index >= 15 is 0 Å². The maximum atomic E-state index is 13.0. The van der Waals surface area contributed by atoms with Gasteiger partial charge >= 0.3 is 11.9 Å². The van der Waals surface area contributed by atoms with Crippen LogP contribution in [0, 0.1) is 35.3 Å². The molecule has 3 aromatic carbocycles. The quantitative estimate of drug-likeness (QED) is 0.154. The van der Waals surface area contributed by atoms with E-state index in [2.05, 4.69) is 32.0 Å². The summed E-state index contributed by atoms with van der Waals surface area (Å²) in [6.45, 7) is 3.91. The second-order valence-corrected chi connectivity index (χ2v) is 8.85. The van der Waals surface area contributed by atoms with Gasteiger partial charge in [0, 0.05) is 16.1 Å². The van der Waals surface area contributed by atoms with E-state index in [1.807, 2.05) is 26.0 Å². The van der Waals surface area contributed by atoms with E-state index in [9.17, 15) is 28.5 Å². The Morgan fingerprint density at radius 3 is 2.50 bits per heavy atom. The number of nitro benzene ring substituents is 1. The minimum atomic E-state index is -4.75. The molecule has 0 bridgehead atoms. The molecule has 0 spiro atoms. The van der Waals surface area contributed by atoms with Crippen molar-refractivity contribution in [3.05, 3.63) is 91.2 Å². The first kappa shape index (κ1) is 24.9. The van der Waals surface area contributed by atoms with Crippen LogP contribution in [0.15, 0.2) is 53.0 Å². The second kappa shape index (κ2) is 9.47. The van der Waals surface area contributed by atoms with Crippen LogP contribution in [0.4, 0.5) is 18.9 Å². The molecule has 0 aliphatic heterocycles. The van der Waals surface area contributed by atoms with Gasteiger partial charge in [0.05, 0.1) is 27.1 Å². The molecular formula is C25H16BrF3N4O3. The number of alkyl halides is 3. The van der Waals surface area contributed by atoms with E-state index in [1.165, 1.54) is 12.1 Å². The second-order valence-electron chi connectivity index (χ2n) is 7.93. The largest absolute Gasteiger partial charge is 0.449 e. The zero-order valence-electron chi connectivity index (χ0n) is 18.8. The average Bonchev–Trinajstić information content (AvgIpc) is 3.21. The number of imidazole rings is 1.